The highest BCUT2D eigenvalue weighted by Gasteiger charge is 2.40. The van der Waals surface area contributed by atoms with Crippen molar-refractivity contribution in [1.29, 1.82) is 0 Å². The van der Waals surface area contributed by atoms with E-state index in [-0.39, 0.29) is 0 Å². The smallest absolute Gasteiger partial charge is 0.405 e. The number of fused-ring (bicyclic) bond motifs is 1. The number of aryl methyl sites for hydroxylation is 1. The molecule has 1 saturated heterocycles. The van der Waals surface area contributed by atoms with Crippen molar-refractivity contribution in [2.45, 2.75) is 38.0 Å². The van der Waals surface area contributed by atoms with Gasteiger partial charge in [0.15, 0.2) is 5.76 Å². The molecule has 1 aliphatic rings. The molecular formula is C27H28N4O7. The lowest BCUT2D eigenvalue weighted by Gasteiger charge is -2.24. The fourth-order valence-corrected chi connectivity index (χ4v) is 4.51. The van der Waals surface area contributed by atoms with Gasteiger partial charge in [0.25, 0.3) is 0 Å². The number of carboxylic acid groups (broad SMARTS) is 1. The number of nitrogens with zero attached hydrogens (tertiary/aromatic N) is 3. The van der Waals surface area contributed by atoms with Crippen molar-refractivity contribution in [2.24, 2.45) is 0 Å². The van der Waals surface area contributed by atoms with Crippen molar-refractivity contribution in [3.05, 3.63) is 71.9 Å². The van der Waals surface area contributed by atoms with E-state index < -0.39 is 17.9 Å². The van der Waals surface area contributed by atoms with Crippen LogP contribution in [0.15, 0.2) is 63.9 Å². The number of aromatic nitrogens is 3. The molecule has 2 N–H and O–H groups in total. The van der Waals surface area contributed by atoms with Crippen LogP contribution in [0, 0.1) is 6.92 Å². The predicted octanol–water partition coefficient (Wildman–Crippen LogP) is 5.13. The van der Waals surface area contributed by atoms with Crippen LogP contribution in [0.2, 0.25) is 0 Å². The quantitative estimate of drug-likeness (QED) is 0.270. The highest BCUT2D eigenvalue weighted by Crippen LogP contribution is 2.36. The topological polar surface area (TPSA) is 142 Å². The van der Waals surface area contributed by atoms with Gasteiger partial charge in [-0.15, -0.1) is 0 Å². The van der Waals surface area contributed by atoms with Gasteiger partial charge in [-0.2, -0.15) is 0 Å². The maximum atomic E-state index is 11.5. The first-order valence-electron chi connectivity index (χ1n) is 12.2. The molecule has 11 nitrogen and oxygen atoms in total. The van der Waals surface area contributed by atoms with Gasteiger partial charge >= 0.3 is 6.09 Å². The van der Waals surface area contributed by atoms with Gasteiger partial charge in [0.05, 0.1) is 37.4 Å². The number of hydrogen-bond acceptors (Lipinski definition) is 9. The van der Waals surface area contributed by atoms with Crippen LogP contribution >= 0.6 is 0 Å². The molecule has 4 heterocycles. The van der Waals surface area contributed by atoms with Gasteiger partial charge in [0, 0.05) is 35.7 Å². The molecule has 5 rings (SSSR count). The SMILES string of the molecule is COc1cc2nc(C)ccc2cc1-c1cc([C@H](C/C=C/CCC2(c3ccon3)OCCO2)NC(=O)O)no1. The minimum Gasteiger partial charge on any atom is -0.496 e. The Kier molecular flexibility index (Phi) is 7.38. The van der Waals surface area contributed by atoms with E-state index in [1.807, 2.05) is 43.3 Å². The standard InChI is InChI=1S/C27H28N4O7/c1-17-7-8-18-14-19(23(34-2)15-21(18)28-17)24-16-22(30-38-24)20(29-26(32)33)6-4-3-5-10-27(35-12-13-36-27)25-9-11-37-31-25/h3-4,7-9,11,14-16,20,29H,5-6,10,12-13H2,1-2H3,(H,32,33)/b4-3+/t20-/m0/s1. The van der Waals surface area contributed by atoms with Crippen molar-refractivity contribution >= 4 is 17.0 Å². The Morgan fingerprint density at radius 1 is 1.18 bits per heavy atom. The Morgan fingerprint density at radius 2 is 2.03 bits per heavy atom. The van der Waals surface area contributed by atoms with Crippen LogP contribution in [-0.2, 0) is 15.3 Å². The largest absolute Gasteiger partial charge is 0.496 e. The number of rotatable bonds is 10. The minimum absolute atomic E-state index is 0.370. The second-order valence-corrected chi connectivity index (χ2v) is 8.90. The minimum atomic E-state index is -1.16. The first kappa shape index (κ1) is 25.4. The predicted molar refractivity (Wildman–Crippen MR) is 136 cm³/mol. The lowest BCUT2D eigenvalue weighted by Crippen LogP contribution is -2.27. The van der Waals surface area contributed by atoms with Gasteiger partial charge in [-0.1, -0.05) is 28.5 Å². The molecule has 0 radical (unpaired) electrons. The number of methoxy groups -OCH3 is 1. The monoisotopic (exact) mass is 520 g/mol. The normalized spacial score (nSPS) is 15.7. The van der Waals surface area contributed by atoms with Crippen LogP contribution in [0.4, 0.5) is 4.79 Å². The van der Waals surface area contributed by atoms with Crippen LogP contribution in [0.5, 0.6) is 5.75 Å². The summed E-state index contributed by atoms with van der Waals surface area (Å²) in [6.07, 6.45) is 5.70. The van der Waals surface area contributed by atoms with E-state index in [1.165, 1.54) is 6.26 Å². The fraction of sp³-hybridized carbons (Fsp3) is 0.333. The maximum absolute atomic E-state index is 11.5. The molecule has 1 aliphatic heterocycles. The number of allylic oxidation sites excluding steroid dienone is 1. The Balaban J connectivity index is 1.30. The molecule has 11 heteroatoms. The number of ether oxygens (including phenoxy) is 3. The maximum Gasteiger partial charge on any atom is 0.405 e. The summed E-state index contributed by atoms with van der Waals surface area (Å²) < 4.78 is 27.8. The van der Waals surface area contributed by atoms with Crippen molar-refractivity contribution in [3.63, 3.8) is 0 Å². The average Bonchev–Trinajstić information content (AvgIpc) is 3.69. The molecule has 4 aromatic rings. The van der Waals surface area contributed by atoms with Crippen LogP contribution in [0.3, 0.4) is 0 Å². The van der Waals surface area contributed by atoms with Crippen LogP contribution in [0.1, 0.15) is 42.4 Å². The molecule has 1 aromatic carbocycles. The average molecular weight is 521 g/mol. The van der Waals surface area contributed by atoms with Crippen LogP contribution < -0.4 is 10.1 Å². The summed E-state index contributed by atoms with van der Waals surface area (Å²) in [5, 5.41) is 21.0. The highest BCUT2D eigenvalue weighted by atomic mass is 16.7. The van der Waals surface area contributed by atoms with Crippen molar-refractivity contribution < 1.29 is 33.2 Å². The number of hydrogen-bond donors (Lipinski definition) is 2. The van der Waals surface area contributed by atoms with Gasteiger partial charge in [0.1, 0.15) is 23.4 Å². The molecule has 198 valence electrons. The lowest BCUT2D eigenvalue weighted by atomic mass is 10.0. The summed E-state index contributed by atoms with van der Waals surface area (Å²) in [4.78, 5) is 16.0. The Bertz CT molecular complexity index is 1420. The molecule has 0 saturated carbocycles. The molecule has 1 atom stereocenters. The summed E-state index contributed by atoms with van der Waals surface area (Å²) in [7, 11) is 1.58. The van der Waals surface area contributed by atoms with Crippen LogP contribution in [-0.4, -0.2) is 46.8 Å². The van der Waals surface area contributed by atoms with Crippen molar-refractivity contribution in [1.82, 2.24) is 20.6 Å². The molecule has 0 aliphatic carbocycles. The molecule has 0 unspecified atom stereocenters. The Labute approximate surface area is 218 Å². The molecule has 1 amide bonds. The number of nitrogens with one attached hydrogen (secondary N) is 1. The summed E-state index contributed by atoms with van der Waals surface area (Å²) in [5.74, 6) is 0.119. The van der Waals surface area contributed by atoms with Crippen LogP contribution in [0.25, 0.3) is 22.2 Å². The first-order chi connectivity index (χ1) is 18.5. The van der Waals surface area contributed by atoms with E-state index in [4.69, 9.17) is 23.3 Å². The van der Waals surface area contributed by atoms with E-state index in [1.54, 1.807) is 19.2 Å². The molecule has 1 fully saturated rings. The summed E-state index contributed by atoms with van der Waals surface area (Å²) in [5.41, 5.74) is 3.46. The second kappa shape index (κ2) is 11.0. The van der Waals surface area contributed by atoms with E-state index in [9.17, 15) is 9.90 Å². The number of benzene rings is 1. The Morgan fingerprint density at radius 3 is 2.76 bits per heavy atom. The number of pyridine rings is 1. The fourth-order valence-electron chi connectivity index (χ4n) is 4.51. The van der Waals surface area contributed by atoms with Crippen molar-refractivity contribution in [3.8, 4) is 17.1 Å². The third-order valence-corrected chi connectivity index (χ3v) is 6.36. The van der Waals surface area contributed by atoms with E-state index >= 15 is 0 Å². The van der Waals surface area contributed by atoms with E-state index in [2.05, 4.69) is 20.6 Å². The van der Waals surface area contributed by atoms with Crippen molar-refractivity contribution in [2.75, 3.05) is 20.3 Å². The summed E-state index contributed by atoms with van der Waals surface area (Å²) >= 11 is 0. The second-order valence-electron chi connectivity index (χ2n) is 8.90. The lowest BCUT2D eigenvalue weighted by molar-refractivity contribution is -0.174. The summed E-state index contributed by atoms with van der Waals surface area (Å²) in [6, 6.07) is 10.5. The van der Waals surface area contributed by atoms with Gasteiger partial charge in [0.2, 0.25) is 5.79 Å². The molecule has 38 heavy (non-hydrogen) atoms. The highest BCUT2D eigenvalue weighted by molar-refractivity contribution is 5.87. The zero-order valence-corrected chi connectivity index (χ0v) is 21.0. The third kappa shape index (κ3) is 5.38. The number of amides is 1. The van der Waals surface area contributed by atoms with E-state index in [0.29, 0.717) is 60.9 Å². The van der Waals surface area contributed by atoms with Gasteiger partial charge in [-0.25, -0.2) is 4.79 Å². The zero-order chi connectivity index (χ0) is 26.5. The van der Waals surface area contributed by atoms with E-state index in [0.717, 1.165) is 16.6 Å². The molecule has 3 aromatic heterocycles. The van der Waals surface area contributed by atoms with Gasteiger partial charge in [-0.3, -0.25) is 4.98 Å². The first-order valence-corrected chi connectivity index (χ1v) is 12.2. The van der Waals surface area contributed by atoms with Gasteiger partial charge in [-0.05, 0) is 31.9 Å². The third-order valence-electron chi connectivity index (χ3n) is 6.36. The zero-order valence-electron chi connectivity index (χ0n) is 21.0. The molecule has 0 spiro atoms. The number of carbonyl (C=O) groups is 1. The molecule has 0 bridgehead atoms. The molecular weight excluding hydrogens is 492 g/mol. The summed E-state index contributed by atoms with van der Waals surface area (Å²) in [6.45, 7) is 2.89. The Hall–Kier alpha value is -4.22. The van der Waals surface area contributed by atoms with Gasteiger partial charge < -0.3 is 33.7 Å².